The average Bonchev–Trinajstić information content (AvgIpc) is 2.31. The smallest absolute Gasteiger partial charge is 0.331 e. The minimum absolute atomic E-state index is 0.533. The second-order valence-electron chi connectivity index (χ2n) is 5.39. The Hall–Kier alpha value is -0.870. The van der Waals surface area contributed by atoms with E-state index in [-0.39, 0.29) is 0 Å². The van der Waals surface area contributed by atoms with Gasteiger partial charge < -0.3 is 10.0 Å². The monoisotopic (exact) mass is 254 g/mol. The Labute approximate surface area is 110 Å². The Morgan fingerprint density at radius 3 is 2.44 bits per heavy atom. The number of piperidine rings is 1. The van der Waals surface area contributed by atoms with Crippen LogP contribution in [0.2, 0.25) is 0 Å². The van der Waals surface area contributed by atoms with E-state index < -0.39 is 5.97 Å². The van der Waals surface area contributed by atoms with Crippen molar-refractivity contribution in [3.8, 4) is 0 Å². The molecule has 0 spiro atoms. The van der Waals surface area contributed by atoms with Crippen molar-refractivity contribution >= 4 is 5.97 Å². The van der Waals surface area contributed by atoms with Crippen LogP contribution in [0.15, 0.2) is 11.6 Å². The maximum Gasteiger partial charge on any atom is 0.331 e. The molecule has 0 radical (unpaired) electrons. The molecule has 0 unspecified atom stereocenters. The number of likely N-dealkylation sites (tertiary alicyclic amines) is 1. The lowest BCUT2D eigenvalue weighted by Crippen LogP contribution is -2.37. The van der Waals surface area contributed by atoms with Crippen LogP contribution in [0.1, 0.15) is 26.2 Å². The summed E-state index contributed by atoms with van der Waals surface area (Å²) in [7, 11) is 4.24. The first-order chi connectivity index (χ1) is 8.52. The van der Waals surface area contributed by atoms with Gasteiger partial charge in [-0.1, -0.05) is 13.0 Å². The van der Waals surface area contributed by atoms with Gasteiger partial charge in [-0.2, -0.15) is 0 Å². The molecule has 1 heterocycles. The third-order valence-corrected chi connectivity index (χ3v) is 3.58. The number of carboxylic acid groups (broad SMARTS) is 1. The summed E-state index contributed by atoms with van der Waals surface area (Å²) in [5.74, 6) is 0.0188. The Balaban J connectivity index is 2.33. The van der Waals surface area contributed by atoms with Crippen LogP contribution in [0, 0.1) is 5.92 Å². The quantitative estimate of drug-likeness (QED) is 0.732. The van der Waals surface area contributed by atoms with Crippen molar-refractivity contribution in [1.82, 2.24) is 9.80 Å². The van der Waals surface area contributed by atoms with E-state index in [9.17, 15) is 4.79 Å². The van der Waals surface area contributed by atoms with Gasteiger partial charge in [-0.15, -0.1) is 0 Å². The van der Waals surface area contributed by atoms with Crippen LogP contribution in [0.5, 0.6) is 0 Å². The molecule has 1 aliphatic rings. The molecule has 1 aliphatic heterocycles. The van der Waals surface area contributed by atoms with Gasteiger partial charge in [0.1, 0.15) is 0 Å². The van der Waals surface area contributed by atoms with Crippen molar-refractivity contribution in [1.29, 1.82) is 0 Å². The first-order valence-corrected chi connectivity index (χ1v) is 6.82. The molecule has 18 heavy (non-hydrogen) atoms. The van der Waals surface area contributed by atoms with E-state index >= 15 is 0 Å². The fourth-order valence-corrected chi connectivity index (χ4v) is 2.49. The Morgan fingerprint density at radius 1 is 1.39 bits per heavy atom. The summed E-state index contributed by atoms with van der Waals surface area (Å²) in [5, 5.41) is 8.95. The molecule has 1 rings (SSSR count). The molecule has 0 saturated carbocycles. The molecule has 0 amide bonds. The summed E-state index contributed by atoms with van der Waals surface area (Å²) in [5.41, 5.74) is 0.533. The van der Waals surface area contributed by atoms with Crippen LogP contribution in [0.25, 0.3) is 0 Å². The minimum atomic E-state index is -0.778. The number of hydrogen-bond donors (Lipinski definition) is 1. The maximum absolute atomic E-state index is 10.9. The first-order valence-electron chi connectivity index (χ1n) is 6.82. The molecule has 1 N–H and O–H groups in total. The number of rotatable bonds is 6. The molecule has 0 aliphatic carbocycles. The van der Waals surface area contributed by atoms with Gasteiger partial charge in [0.25, 0.3) is 0 Å². The maximum atomic E-state index is 10.9. The lowest BCUT2D eigenvalue weighted by atomic mass is 9.96. The second-order valence-corrected chi connectivity index (χ2v) is 5.39. The topological polar surface area (TPSA) is 43.8 Å². The molecular formula is C14H26N2O2. The standard InChI is InChI=1S/C14H26N2O2/c1-4-13(14(17)18)7-10-16-8-5-12(6-9-16)11-15(2)3/h7,12H,4-6,8-11H2,1-3H3,(H,17,18). The SMILES string of the molecule is CCC(=CCN1CCC(CN(C)C)CC1)C(=O)O. The lowest BCUT2D eigenvalue weighted by Gasteiger charge is -2.32. The third kappa shape index (κ3) is 5.19. The fraction of sp³-hybridized carbons (Fsp3) is 0.786. The Kier molecular flexibility index (Phi) is 6.36. The third-order valence-electron chi connectivity index (χ3n) is 3.58. The largest absolute Gasteiger partial charge is 0.478 e. The average molecular weight is 254 g/mol. The van der Waals surface area contributed by atoms with Gasteiger partial charge in [-0.25, -0.2) is 4.79 Å². The van der Waals surface area contributed by atoms with Gasteiger partial charge in [0.15, 0.2) is 0 Å². The molecule has 4 heteroatoms. The van der Waals surface area contributed by atoms with E-state index in [2.05, 4.69) is 23.9 Å². The van der Waals surface area contributed by atoms with E-state index in [0.29, 0.717) is 12.0 Å². The molecule has 0 bridgehead atoms. The zero-order valence-corrected chi connectivity index (χ0v) is 11.9. The van der Waals surface area contributed by atoms with Crippen molar-refractivity contribution in [2.45, 2.75) is 26.2 Å². The van der Waals surface area contributed by atoms with Crippen LogP contribution in [0.3, 0.4) is 0 Å². The van der Waals surface area contributed by atoms with E-state index in [1.807, 2.05) is 13.0 Å². The van der Waals surface area contributed by atoms with Gasteiger partial charge in [-0.3, -0.25) is 4.90 Å². The summed E-state index contributed by atoms with van der Waals surface area (Å²) < 4.78 is 0. The van der Waals surface area contributed by atoms with Crippen molar-refractivity contribution in [2.75, 3.05) is 40.3 Å². The molecule has 0 aromatic rings. The highest BCUT2D eigenvalue weighted by Crippen LogP contribution is 2.17. The summed E-state index contributed by atoms with van der Waals surface area (Å²) in [6, 6.07) is 0. The van der Waals surface area contributed by atoms with Crippen LogP contribution >= 0.6 is 0 Å². The second kappa shape index (κ2) is 7.54. The van der Waals surface area contributed by atoms with Crippen molar-refractivity contribution in [2.24, 2.45) is 5.92 Å². The Bertz CT molecular complexity index is 292. The molecular weight excluding hydrogens is 228 g/mol. The van der Waals surface area contributed by atoms with Crippen molar-refractivity contribution in [3.63, 3.8) is 0 Å². The van der Waals surface area contributed by atoms with Gasteiger partial charge in [0, 0.05) is 18.7 Å². The molecule has 4 nitrogen and oxygen atoms in total. The number of nitrogens with zero attached hydrogens (tertiary/aromatic N) is 2. The predicted molar refractivity (Wildman–Crippen MR) is 73.7 cm³/mol. The van der Waals surface area contributed by atoms with Crippen molar-refractivity contribution < 1.29 is 9.90 Å². The van der Waals surface area contributed by atoms with Gasteiger partial charge in [0.2, 0.25) is 0 Å². The molecule has 1 saturated heterocycles. The Morgan fingerprint density at radius 2 is 2.00 bits per heavy atom. The molecule has 1 fully saturated rings. The molecule has 0 atom stereocenters. The molecule has 104 valence electrons. The van der Waals surface area contributed by atoms with E-state index in [4.69, 9.17) is 5.11 Å². The van der Waals surface area contributed by atoms with Gasteiger partial charge in [-0.05, 0) is 52.4 Å². The summed E-state index contributed by atoms with van der Waals surface area (Å²) in [6.45, 7) is 6.02. The zero-order chi connectivity index (χ0) is 13.5. The van der Waals surface area contributed by atoms with Gasteiger partial charge in [0.05, 0.1) is 0 Å². The lowest BCUT2D eigenvalue weighted by molar-refractivity contribution is -0.132. The number of hydrogen-bond acceptors (Lipinski definition) is 3. The van der Waals surface area contributed by atoms with Crippen LogP contribution in [-0.4, -0.2) is 61.2 Å². The summed E-state index contributed by atoms with van der Waals surface area (Å²) in [6.07, 6.45) is 4.92. The molecule has 0 aromatic heterocycles. The normalized spacial score (nSPS) is 19.4. The summed E-state index contributed by atoms with van der Waals surface area (Å²) >= 11 is 0. The van der Waals surface area contributed by atoms with E-state index in [1.54, 1.807) is 0 Å². The van der Waals surface area contributed by atoms with E-state index in [0.717, 1.165) is 25.6 Å². The highest BCUT2D eigenvalue weighted by atomic mass is 16.4. The predicted octanol–water partition coefficient (Wildman–Crippen LogP) is 1.68. The number of carbonyl (C=O) groups is 1. The van der Waals surface area contributed by atoms with Crippen molar-refractivity contribution in [3.05, 3.63) is 11.6 Å². The first kappa shape index (κ1) is 15.2. The van der Waals surface area contributed by atoms with Crippen LogP contribution in [0.4, 0.5) is 0 Å². The van der Waals surface area contributed by atoms with Crippen LogP contribution < -0.4 is 0 Å². The fourth-order valence-electron chi connectivity index (χ4n) is 2.49. The van der Waals surface area contributed by atoms with Gasteiger partial charge >= 0.3 is 5.97 Å². The van der Waals surface area contributed by atoms with Crippen LogP contribution in [-0.2, 0) is 4.79 Å². The highest BCUT2D eigenvalue weighted by molar-refractivity contribution is 5.86. The van der Waals surface area contributed by atoms with E-state index in [1.165, 1.54) is 19.4 Å². The highest BCUT2D eigenvalue weighted by Gasteiger charge is 2.19. The number of carboxylic acids is 1. The molecule has 0 aromatic carbocycles. The number of aliphatic carboxylic acids is 1. The minimum Gasteiger partial charge on any atom is -0.478 e. The zero-order valence-electron chi connectivity index (χ0n) is 11.9. The summed E-state index contributed by atoms with van der Waals surface area (Å²) in [4.78, 5) is 15.5.